The number of nitrogens with zero attached hydrogens (tertiary/aromatic N) is 1. The second-order valence-electron chi connectivity index (χ2n) is 7.16. The molecular weight excluding hydrogens is 637 g/mol. The van der Waals surface area contributed by atoms with Crippen LogP contribution in [0, 0.1) is 3.57 Å². The Labute approximate surface area is 224 Å². The molecule has 0 spiro atoms. The summed E-state index contributed by atoms with van der Waals surface area (Å²) in [5.74, 6) is -0.00553. The van der Waals surface area contributed by atoms with Crippen LogP contribution in [0.4, 0.5) is 4.79 Å². The maximum atomic E-state index is 12.9. The lowest BCUT2D eigenvalue weighted by Crippen LogP contribution is -2.42. The first-order valence-corrected chi connectivity index (χ1v) is 13.2. The van der Waals surface area contributed by atoms with Gasteiger partial charge in [-0.2, -0.15) is 0 Å². The third-order valence-corrected chi connectivity index (χ3v) is 6.98. The van der Waals surface area contributed by atoms with Crippen LogP contribution in [-0.2, 0) is 20.9 Å². The van der Waals surface area contributed by atoms with Gasteiger partial charge in [0.15, 0.2) is 11.5 Å². The van der Waals surface area contributed by atoms with Gasteiger partial charge in [-0.3, -0.25) is 14.5 Å². The molecule has 1 fully saturated rings. The van der Waals surface area contributed by atoms with Crippen LogP contribution < -0.4 is 9.47 Å². The molecule has 3 rings (SSSR count). The molecule has 1 heterocycles. The fraction of sp³-hybridized carbons (Fsp3) is 0.292. The summed E-state index contributed by atoms with van der Waals surface area (Å²) in [6, 6.07) is 10.5. The van der Waals surface area contributed by atoms with E-state index in [2.05, 4.69) is 38.5 Å². The van der Waals surface area contributed by atoms with Crippen molar-refractivity contribution in [1.29, 1.82) is 0 Å². The van der Waals surface area contributed by atoms with Crippen LogP contribution in [0.1, 0.15) is 31.9 Å². The Morgan fingerprint density at radius 3 is 2.50 bits per heavy atom. The minimum Gasteiger partial charge on any atom is -0.490 e. The van der Waals surface area contributed by atoms with Gasteiger partial charge in [-0.05, 0) is 96.6 Å². The van der Waals surface area contributed by atoms with Crippen molar-refractivity contribution in [2.24, 2.45) is 0 Å². The van der Waals surface area contributed by atoms with Crippen molar-refractivity contribution in [2.45, 2.75) is 33.4 Å². The Kier molecular flexibility index (Phi) is 9.43. The molecule has 1 aliphatic heterocycles. The number of rotatable bonds is 9. The quantitative estimate of drug-likeness (QED) is 0.185. The highest BCUT2D eigenvalue weighted by Crippen LogP contribution is 2.38. The zero-order chi connectivity index (χ0) is 24.8. The van der Waals surface area contributed by atoms with Crippen LogP contribution >= 0.6 is 50.3 Å². The largest absolute Gasteiger partial charge is 0.490 e. The molecule has 10 heteroatoms. The Hall–Kier alpha value is -2.05. The highest BCUT2D eigenvalue weighted by molar-refractivity contribution is 14.1. The van der Waals surface area contributed by atoms with Crippen molar-refractivity contribution in [3.8, 4) is 11.5 Å². The maximum Gasteiger partial charge on any atom is 0.329 e. The fourth-order valence-electron chi connectivity index (χ4n) is 3.14. The molecule has 0 aliphatic carbocycles. The summed E-state index contributed by atoms with van der Waals surface area (Å²) in [6.45, 7) is 5.99. The molecule has 2 aromatic rings. The molecular formula is C24H23BrINO6S. The zero-order valence-corrected chi connectivity index (χ0v) is 23.4. The molecule has 34 heavy (non-hydrogen) atoms. The second-order valence-corrected chi connectivity index (χ2v) is 10.2. The molecule has 0 aromatic heterocycles. The number of amides is 2. The molecule has 1 atom stereocenters. The van der Waals surface area contributed by atoms with Gasteiger partial charge in [-0.1, -0.05) is 28.1 Å². The van der Waals surface area contributed by atoms with E-state index in [4.69, 9.17) is 14.2 Å². The summed E-state index contributed by atoms with van der Waals surface area (Å²) in [5, 5.41) is -0.508. The van der Waals surface area contributed by atoms with E-state index in [0.717, 1.165) is 30.3 Å². The van der Waals surface area contributed by atoms with Gasteiger partial charge < -0.3 is 14.2 Å². The van der Waals surface area contributed by atoms with Gasteiger partial charge in [0, 0.05) is 4.47 Å². The summed E-state index contributed by atoms with van der Waals surface area (Å²) in [7, 11) is 0. The number of hydrogen-bond donors (Lipinski definition) is 0. The lowest BCUT2D eigenvalue weighted by Gasteiger charge is -2.19. The SMILES string of the molecule is CCOC(=O)[C@@H](C)N1C(=O)S/C(=C/c2cc(I)c(OCc3ccc(Br)cc3)c(OCC)c2)C1=O. The van der Waals surface area contributed by atoms with Crippen molar-refractivity contribution < 1.29 is 28.6 Å². The molecule has 0 N–H and O–H groups in total. The number of benzene rings is 2. The van der Waals surface area contributed by atoms with E-state index in [1.807, 2.05) is 37.3 Å². The summed E-state index contributed by atoms with van der Waals surface area (Å²) in [5.41, 5.74) is 1.69. The molecule has 0 radical (unpaired) electrons. The fourth-order valence-corrected chi connectivity index (χ4v) is 5.10. The highest BCUT2D eigenvalue weighted by atomic mass is 127. The zero-order valence-electron chi connectivity index (χ0n) is 18.8. The highest BCUT2D eigenvalue weighted by Gasteiger charge is 2.41. The molecule has 7 nitrogen and oxygen atoms in total. The smallest absolute Gasteiger partial charge is 0.329 e. The number of esters is 1. The first-order chi connectivity index (χ1) is 16.2. The van der Waals surface area contributed by atoms with Crippen LogP contribution in [0.3, 0.4) is 0 Å². The predicted octanol–water partition coefficient (Wildman–Crippen LogP) is 6.02. The monoisotopic (exact) mass is 659 g/mol. The number of carbonyl (C=O) groups excluding carboxylic acids is 3. The Morgan fingerprint density at radius 1 is 1.15 bits per heavy atom. The summed E-state index contributed by atoms with van der Waals surface area (Å²) in [6.07, 6.45) is 1.62. The lowest BCUT2D eigenvalue weighted by molar-refractivity contribution is -0.150. The normalized spacial score (nSPS) is 15.6. The molecule has 0 unspecified atom stereocenters. The van der Waals surface area contributed by atoms with Gasteiger partial charge >= 0.3 is 5.97 Å². The Bertz CT molecular complexity index is 1120. The average molecular weight is 660 g/mol. The van der Waals surface area contributed by atoms with Crippen LogP contribution in [0.25, 0.3) is 6.08 Å². The molecule has 180 valence electrons. The summed E-state index contributed by atoms with van der Waals surface area (Å²) >= 11 is 6.37. The maximum absolute atomic E-state index is 12.9. The van der Waals surface area contributed by atoms with Gasteiger partial charge in [0.2, 0.25) is 0 Å². The first-order valence-electron chi connectivity index (χ1n) is 10.5. The van der Waals surface area contributed by atoms with Crippen molar-refractivity contribution in [3.63, 3.8) is 0 Å². The van der Waals surface area contributed by atoms with Gasteiger partial charge in [0.05, 0.1) is 21.7 Å². The Morgan fingerprint density at radius 2 is 1.85 bits per heavy atom. The molecule has 1 saturated heterocycles. The van der Waals surface area contributed by atoms with Crippen molar-refractivity contribution in [1.82, 2.24) is 4.90 Å². The average Bonchev–Trinajstić information content (AvgIpc) is 3.07. The first kappa shape index (κ1) is 26.6. The summed E-state index contributed by atoms with van der Waals surface area (Å²) < 4.78 is 18.6. The standard InChI is InChI=1S/C24H23BrINO6S/c1-4-31-19-11-16(10-18(26)21(19)33-13-15-6-8-17(25)9-7-15)12-20-22(28)27(24(30)34-20)14(3)23(29)32-5-2/h6-12,14H,4-5,13H2,1-3H3/b20-12+/t14-/m1/s1. The van der Waals surface area contributed by atoms with Crippen LogP contribution in [-0.4, -0.2) is 41.3 Å². The third-order valence-electron chi connectivity index (χ3n) is 4.76. The van der Waals surface area contributed by atoms with E-state index in [1.54, 1.807) is 19.1 Å². The van der Waals surface area contributed by atoms with Gasteiger partial charge in [0.1, 0.15) is 12.6 Å². The van der Waals surface area contributed by atoms with Gasteiger partial charge in [0.25, 0.3) is 11.1 Å². The predicted molar refractivity (Wildman–Crippen MR) is 143 cm³/mol. The van der Waals surface area contributed by atoms with E-state index in [9.17, 15) is 14.4 Å². The Balaban J connectivity index is 1.84. The van der Waals surface area contributed by atoms with Crippen LogP contribution in [0.15, 0.2) is 45.8 Å². The lowest BCUT2D eigenvalue weighted by atomic mass is 10.1. The van der Waals surface area contributed by atoms with Crippen molar-refractivity contribution in [2.75, 3.05) is 13.2 Å². The van der Waals surface area contributed by atoms with Gasteiger partial charge in [-0.15, -0.1) is 0 Å². The van der Waals surface area contributed by atoms with E-state index in [0.29, 0.717) is 30.3 Å². The number of hydrogen-bond acceptors (Lipinski definition) is 7. The van der Waals surface area contributed by atoms with E-state index in [1.165, 1.54) is 6.92 Å². The molecule has 0 bridgehead atoms. The number of ether oxygens (including phenoxy) is 3. The van der Waals surface area contributed by atoms with E-state index in [-0.39, 0.29) is 11.5 Å². The van der Waals surface area contributed by atoms with Gasteiger partial charge in [-0.25, -0.2) is 4.79 Å². The topological polar surface area (TPSA) is 82.1 Å². The number of imide groups is 1. The number of carbonyl (C=O) groups is 3. The number of thioether (sulfide) groups is 1. The summed E-state index contributed by atoms with van der Waals surface area (Å²) in [4.78, 5) is 38.5. The van der Waals surface area contributed by atoms with Crippen molar-refractivity contribution >= 4 is 73.5 Å². The van der Waals surface area contributed by atoms with Crippen LogP contribution in [0.5, 0.6) is 11.5 Å². The second kappa shape index (κ2) is 12.1. The molecule has 2 amide bonds. The number of halogens is 2. The van der Waals surface area contributed by atoms with E-state index >= 15 is 0 Å². The van der Waals surface area contributed by atoms with Crippen LogP contribution in [0.2, 0.25) is 0 Å². The third kappa shape index (κ3) is 6.33. The van der Waals surface area contributed by atoms with E-state index < -0.39 is 23.2 Å². The minimum atomic E-state index is -0.994. The molecule has 0 saturated carbocycles. The minimum absolute atomic E-state index is 0.171. The molecule has 2 aromatic carbocycles. The molecule has 1 aliphatic rings. The van der Waals surface area contributed by atoms with Crippen molar-refractivity contribution in [3.05, 3.63) is 60.5 Å².